The number of nitrogens with one attached hydrogen (secondary N) is 1. The van der Waals surface area contributed by atoms with Crippen molar-refractivity contribution in [1.82, 2.24) is 20.2 Å². The number of tetrazole rings is 1. The van der Waals surface area contributed by atoms with Gasteiger partial charge < -0.3 is 10.1 Å². The zero-order valence-electron chi connectivity index (χ0n) is 16.6. The first-order valence-electron chi connectivity index (χ1n) is 8.88. The van der Waals surface area contributed by atoms with Crippen LogP contribution in [-0.2, 0) is 4.79 Å². The Morgan fingerprint density at radius 3 is 2.57 bits per heavy atom. The normalized spacial score (nSPS) is 11.9. The Kier molecular flexibility index (Phi) is 5.99. The summed E-state index contributed by atoms with van der Waals surface area (Å²) in [5.74, 6) is 0.474. The Bertz CT molecular complexity index is 982. The minimum Gasteiger partial charge on any atom is -0.495 e. The number of aryl methyl sites for hydroxylation is 3. The van der Waals surface area contributed by atoms with Crippen molar-refractivity contribution in [3.8, 4) is 11.4 Å². The molecular formula is C20H23N5O2S. The van der Waals surface area contributed by atoms with Gasteiger partial charge in [-0.05, 0) is 66.9 Å². The molecule has 0 fully saturated rings. The molecule has 1 aromatic heterocycles. The molecule has 0 unspecified atom stereocenters. The SMILES string of the molecule is COc1ccc(C)cc1NC(=O)[C@@H](C)Sc1nnnn1-c1c(C)cccc1C. The Hall–Kier alpha value is -2.87. The van der Waals surface area contributed by atoms with E-state index in [-0.39, 0.29) is 5.91 Å². The molecule has 0 spiro atoms. The van der Waals surface area contributed by atoms with E-state index in [1.165, 1.54) is 11.8 Å². The molecule has 28 heavy (non-hydrogen) atoms. The maximum Gasteiger partial charge on any atom is 0.237 e. The molecule has 1 atom stereocenters. The van der Waals surface area contributed by atoms with Crippen molar-refractivity contribution in [2.45, 2.75) is 38.1 Å². The second-order valence-electron chi connectivity index (χ2n) is 6.57. The summed E-state index contributed by atoms with van der Waals surface area (Å²) in [7, 11) is 1.58. The number of hydrogen-bond donors (Lipinski definition) is 1. The minimum absolute atomic E-state index is 0.148. The van der Waals surface area contributed by atoms with E-state index in [1.54, 1.807) is 11.8 Å². The first kappa shape index (κ1) is 19.9. The lowest BCUT2D eigenvalue weighted by Gasteiger charge is -2.15. The second kappa shape index (κ2) is 8.43. The van der Waals surface area contributed by atoms with Gasteiger partial charge in [-0.15, -0.1) is 5.10 Å². The van der Waals surface area contributed by atoms with E-state index >= 15 is 0 Å². The van der Waals surface area contributed by atoms with Crippen LogP contribution in [0.2, 0.25) is 0 Å². The summed E-state index contributed by atoms with van der Waals surface area (Å²) in [5.41, 5.74) is 4.75. The van der Waals surface area contributed by atoms with Gasteiger partial charge in [0, 0.05) is 0 Å². The van der Waals surface area contributed by atoms with Gasteiger partial charge in [0.15, 0.2) is 0 Å². The molecule has 0 radical (unpaired) electrons. The fraction of sp³-hybridized carbons (Fsp3) is 0.300. The molecule has 1 amide bonds. The Morgan fingerprint density at radius 1 is 1.18 bits per heavy atom. The van der Waals surface area contributed by atoms with Crippen molar-refractivity contribution in [3.05, 3.63) is 53.1 Å². The molecule has 7 nitrogen and oxygen atoms in total. The van der Waals surface area contributed by atoms with Crippen molar-refractivity contribution in [3.63, 3.8) is 0 Å². The average Bonchev–Trinajstić information content (AvgIpc) is 3.09. The third-order valence-corrected chi connectivity index (χ3v) is 5.39. The highest BCUT2D eigenvalue weighted by atomic mass is 32.2. The van der Waals surface area contributed by atoms with E-state index < -0.39 is 5.25 Å². The largest absolute Gasteiger partial charge is 0.495 e. The summed E-state index contributed by atoms with van der Waals surface area (Å²) in [6, 6.07) is 11.7. The summed E-state index contributed by atoms with van der Waals surface area (Å²) < 4.78 is 7.02. The molecule has 1 N–H and O–H groups in total. The summed E-state index contributed by atoms with van der Waals surface area (Å²) in [6.45, 7) is 7.81. The van der Waals surface area contributed by atoms with Crippen molar-refractivity contribution in [2.24, 2.45) is 0 Å². The van der Waals surface area contributed by atoms with Gasteiger partial charge in [0.05, 0.1) is 23.7 Å². The molecule has 0 saturated carbocycles. The van der Waals surface area contributed by atoms with Crippen LogP contribution in [-0.4, -0.2) is 38.5 Å². The van der Waals surface area contributed by atoms with Crippen molar-refractivity contribution >= 4 is 23.4 Å². The zero-order valence-corrected chi connectivity index (χ0v) is 17.4. The summed E-state index contributed by atoms with van der Waals surface area (Å²) in [5, 5.41) is 15.1. The molecule has 3 aromatic rings. The van der Waals surface area contributed by atoms with Crippen molar-refractivity contribution in [2.75, 3.05) is 12.4 Å². The molecule has 0 aliphatic carbocycles. The van der Waals surface area contributed by atoms with Crippen LogP contribution in [0.1, 0.15) is 23.6 Å². The number of hydrogen-bond acceptors (Lipinski definition) is 6. The lowest BCUT2D eigenvalue weighted by atomic mass is 10.1. The summed E-state index contributed by atoms with van der Waals surface area (Å²) in [4.78, 5) is 12.7. The van der Waals surface area contributed by atoms with E-state index in [2.05, 4.69) is 20.8 Å². The lowest BCUT2D eigenvalue weighted by Crippen LogP contribution is -2.23. The van der Waals surface area contributed by atoms with Crippen LogP contribution in [0.25, 0.3) is 5.69 Å². The average molecular weight is 398 g/mol. The predicted molar refractivity (Wildman–Crippen MR) is 110 cm³/mol. The molecule has 0 saturated heterocycles. The van der Waals surface area contributed by atoms with E-state index in [9.17, 15) is 4.79 Å². The maximum absolute atomic E-state index is 12.7. The fourth-order valence-electron chi connectivity index (χ4n) is 2.90. The van der Waals surface area contributed by atoms with Gasteiger partial charge in [0.2, 0.25) is 11.1 Å². The number of thioether (sulfide) groups is 1. The number of carbonyl (C=O) groups is 1. The minimum atomic E-state index is -0.403. The van der Waals surface area contributed by atoms with Gasteiger partial charge in [-0.2, -0.15) is 4.68 Å². The summed E-state index contributed by atoms with van der Waals surface area (Å²) >= 11 is 1.31. The quantitative estimate of drug-likeness (QED) is 0.639. The monoisotopic (exact) mass is 397 g/mol. The molecule has 146 valence electrons. The van der Waals surface area contributed by atoms with E-state index in [1.807, 2.05) is 64.1 Å². The maximum atomic E-state index is 12.7. The van der Waals surface area contributed by atoms with Crippen LogP contribution in [0.5, 0.6) is 5.75 Å². The lowest BCUT2D eigenvalue weighted by molar-refractivity contribution is -0.115. The molecule has 0 bridgehead atoms. The van der Waals surface area contributed by atoms with Crippen molar-refractivity contribution in [1.29, 1.82) is 0 Å². The number of anilines is 1. The molecular weight excluding hydrogens is 374 g/mol. The molecule has 1 heterocycles. The molecule has 3 rings (SSSR count). The van der Waals surface area contributed by atoms with Crippen LogP contribution in [0.3, 0.4) is 0 Å². The van der Waals surface area contributed by atoms with Crippen LogP contribution in [0, 0.1) is 20.8 Å². The number of carbonyl (C=O) groups excluding carboxylic acids is 1. The molecule has 0 aliphatic heterocycles. The van der Waals surface area contributed by atoms with E-state index in [0.29, 0.717) is 16.6 Å². The van der Waals surface area contributed by atoms with Crippen LogP contribution >= 0.6 is 11.8 Å². The van der Waals surface area contributed by atoms with Crippen LogP contribution in [0.4, 0.5) is 5.69 Å². The van der Waals surface area contributed by atoms with Gasteiger partial charge >= 0.3 is 0 Å². The zero-order chi connectivity index (χ0) is 20.3. The van der Waals surface area contributed by atoms with Gasteiger partial charge in [-0.25, -0.2) is 0 Å². The fourth-order valence-corrected chi connectivity index (χ4v) is 3.69. The number of para-hydroxylation sites is 1. The number of ether oxygens (including phenoxy) is 1. The van der Waals surface area contributed by atoms with Gasteiger partial charge in [-0.1, -0.05) is 36.0 Å². The predicted octanol–water partition coefficient (Wildman–Crippen LogP) is 3.72. The third-order valence-electron chi connectivity index (χ3n) is 4.36. The molecule has 2 aromatic carbocycles. The smallest absolute Gasteiger partial charge is 0.237 e. The molecule has 8 heteroatoms. The Labute approximate surface area is 168 Å². The number of aromatic nitrogens is 4. The number of amides is 1. The third kappa shape index (κ3) is 4.17. The van der Waals surface area contributed by atoms with E-state index in [4.69, 9.17) is 4.74 Å². The number of benzene rings is 2. The van der Waals surface area contributed by atoms with E-state index in [0.717, 1.165) is 22.4 Å². The van der Waals surface area contributed by atoms with Gasteiger partial charge in [0.25, 0.3) is 0 Å². The Morgan fingerprint density at radius 2 is 1.89 bits per heavy atom. The summed E-state index contributed by atoms with van der Waals surface area (Å²) in [6.07, 6.45) is 0. The second-order valence-corrected chi connectivity index (χ2v) is 7.87. The highest BCUT2D eigenvalue weighted by Crippen LogP contribution is 2.29. The van der Waals surface area contributed by atoms with Gasteiger partial charge in [0.1, 0.15) is 5.75 Å². The first-order chi connectivity index (χ1) is 13.4. The topological polar surface area (TPSA) is 81.9 Å². The van der Waals surface area contributed by atoms with Crippen molar-refractivity contribution < 1.29 is 9.53 Å². The number of methoxy groups -OCH3 is 1. The first-order valence-corrected chi connectivity index (χ1v) is 9.75. The van der Waals surface area contributed by atoms with Crippen LogP contribution < -0.4 is 10.1 Å². The highest BCUT2D eigenvalue weighted by molar-refractivity contribution is 8.00. The Balaban J connectivity index is 1.79. The standard InChI is InChI=1S/C20H23N5O2S/c1-12-9-10-17(27-5)16(11-12)21-19(26)15(4)28-20-22-23-24-25(20)18-13(2)7-6-8-14(18)3/h6-11,15H,1-5H3,(H,21,26)/t15-/m1/s1. The number of nitrogens with zero attached hydrogens (tertiary/aromatic N) is 4. The molecule has 0 aliphatic rings. The van der Waals surface area contributed by atoms with Crippen LogP contribution in [0.15, 0.2) is 41.6 Å². The van der Waals surface area contributed by atoms with Gasteiger partial charge in [-0.3, -0.25) is 4.79 Å². The highest BCUT2D eigenvalue weighted by Gasteiger charge is 2.21. The number of rotatable bonds is 6.